The van der Waals surface area contributed by atoms with Crippen LogP contribution in [0.15, 0.2) is 0 Å². The molecule has 0 unspecified atom stereocenters. The minimum atomic E-state index is 0.273. The van der Waals surface area contributed by atoms with Crippen LogP contribution in [0.1, 0.15) is 25.7 Å². The van der Waals surface area contributed by atoms with Gasteiger partial charge >= 0.3 is 0 Å². The number of nitrogens with one attached hydrogen (secondary N) is 1. The van der Waals surface area contributed by atoms with Gasteiger partial charge in [0.2, 0.25) is 5.91 Å². The number of hydrogen-bond donors (Lipinski definition) is 1. The monoisotopic (exact) mass is 197 g/mol. The smallest absolute Gasteiger partial charge is 0.236 e. The zero-order valence-corrected chi connectivity index (χ0v) is 8.83. The summed E-state index contributed by atoms with van der Waals surface area (Å²) in [5, 5.41) is 7.44. The van der Waals surface area contributed by atoms with Crippen molar-refractivity contribution < 1.29 is 4.79 Å². The van der Waals surface area contributed by atoms with Crippen LogP contribution in [-0.2, 0) is 4.79 Å². The Hall–Kier alpha value is -0.610. The van der Waals surface area contributed by atoms with Crippen molar-refractivity contribution in [3.8, 4) is 0 Å². The maximum absolute atomic E-state index is 11.5. The Bertz CT molecular complexity index is 213. The highest BCUT2D eigenvalue weighted by Crippen LogP contribution is 2.18. The zero-order valence-electron chi connectivity index (χ0n) is 8.83. The molecule has 2 rings (SSSR count). The van der Waals surface area contributed by atoms with E-state index < -0.39 is 0 Å². The standard InChI is InChI=1S/C10H19N3O/c1-12-10(14)3-2-8-13(12)9-4-6-11-7-5-9/h9,11H,2-8H2,1H3. The molecular weight excluding hydrogens is 178 g/mol. The molecule has 1 amide bonds. The van der Waals surface area contributed by atoms with Gasteiger partial charge in [-0.1, -0.05) is 0 Å². The summed E-state index contributed by atoms with van der Waals surface area (Å²) in [4.78, 5) is 11.5. The van der Waals surface area contributed by atoms with Crippen LogP contribution in [0.3, 0.4) is 0 Å². The predicted octanol–water partition coefficient (Wildman–Crippen LogP) is 0.208. The van der Waals surface area contributed by atoms with E-state index in [9.17, 15) is 4.79 Å². The van der Waals surface area contributed by atoms with Crippen molar-refractivity contribution in [1.82, 2.24) is 15.3 Å². The molecule has 4 heteroatoms. The Labute approximate surface area is 85.2 Å². The molecule has 14 heavy (non-hydrogen) atoms. The maximum atomic E-state index is 11.5. The molecule has 1 N–H and O–H groups in total. The van der Waals surface area contributed by atoms with E-state index in [2.05, 4.69) is 10.3 Å². The number of rotatable bonds is 1. The van der Waals surface area contributed by atoms with Crippen LogP contribution in [0.2, 0.25) is 0 Å². The molecule has 0 radical (unpaired) electrons. The molecule has 2 aliphatic heterocycles. The van der Waals surface area contributed by atoms with Gasteiger partial charge in [0.05, 0.1) is 0 Å². The highest BCUT2D eigenvalue weighted by atomic mass is 16.2. The summed E-state index contributed by atoms with van der Waals surface area (Å²) in [6.45, 7) is 3.22. The molecule has 2 heterocycles. The molecule has 0 aliphatic carbocycles. The first-order valence-corrected chi connectivity index (χ1v) is 5.53. The van der Waals surface area contributed by atoms with Gasteiger partial charge in [-0.3, -0.25) is 9.80 Å². The number of hydrogen-bond acceptors (Lipinski definition) is 3. The molecule has 0 saturated carbocycles. The molecule has 0 atom stereocenters. The summed E-state index contributed by atoms with van der Waals surface area (Å²) in [6.07, 6.45) is 4.07. The van der Waals surface area contributed by atoms with Gasteiger partial charge in [-0.2, -0.15) is 0 Å². The van der Waals surface area contributed by atoms with Gasteiger partial charge in [-0.05, 0) is 32.4 Å². The second kappa shape index (κ2) is 4.28. The van der Waals surface area contributed by atoms with E-state index in [1.807, 2.05) is 12.1 Å². The Morgan fingerprint density at radius 3 is 2.79 bits per heavy atom. The van der Waals surface area contributed by atoms with Crippen LogP contribution >= 0.6 is 0 Å². The normalized spacial score (nSPS) is 26.9. The van der Waals surface area contributed by atoms with E-state index in [4.69, 9.17) is 0 Å². The number of amides is 1. The Kier molecular flexibility index (Phi) is 3.03. The Morgan fingerprint density at radius 2 is 2.07 bits per heavy atom. The van der Waals surface area contributed by atoms with Gasteiger partial charge < -0.3 is 5.32 Å². The van der Waals surface area contributed by atoms with E-state index in [1.54, 1.807) is 0 Å². The third-order valence-electron chi connectivity index (χ3n) is 3.25. The molecule has 80 valence electrons. The molecule has 4 nitrogen and oxygen atoms in total. The molecule has 2 aliphatic rings. The largest absolute Gasteiger partial charge is 0.317 e. The molecule has 0 spiro atoms. The van der Waals surface area contributed by atoms with Gasteiger partial charge in [0.25, 0.3) is 0 Å². The van der Waals surface area contributed by atoms with E-state index in [1.165, 1.54) is 0 Å². The summed E-state index contributed by atoms with van der Waals surface area (Å²) in [6, 6.07) is 0.575. The minimum absolute atomic E-state index is 0.273. The SMILES string of the molecule is CN1C(=O)CCCN1C1CCNCC1. The summed E-state index contributed by atoms with van der Waals surface area (Å²) in [5.41, 5.74) is 0. The molecule has 2 fully saturated rings. The van der Waals surface area contributed by atoms with Crippen LogP contribution in [0, 0.1) is 0 Å². The van der Waals surface area contributed by atoms with Crippen molar-refractivity contribution in [1.29, 1.82) is 0 Å². The lowest BCUT2D eigenvalue weighted by Crippen LogP contribution is -2.55. The van der Waals surface area contributed by atoms with Crippen molar-refractivity contribution in [2.75, 3.05) is 26.7 Å². The first-order valence-electron chi connectivity index (χ1n) is 5.53. The quantitative estimate of drug-likeness (QED) is 0.652. The minimum Gasteiger partial charge on any atom is -0.317 e. The first kappa shape index (κ1) is 9.93. The number of piperidine rings is 1. The number of carbonyl (C=O) groups excluding carboxylic acids is 1. The average molecular weight is 197 g/mol. The number of carbonyl (C=O) groups is 1. The first-order chi connectivity index (χ1) is 6.79. The van der Waals surface area contributed by atoms with Crippen molar-refractivity contribution >= 4 is 5.91 Å². The lowest BCUT2D eigenvalue weighted by molar-refractivity contribution is -0.157. The number of hydrazine groups is 1. The van der Waals surface area contributed by atoms with Crippen molar-refractivity contribution in [3.05, 3.63) is 0 Å². The lowest BCUT2D eigenvalue weighted by Gasteiger charge is -2.42. The highest BCUT2D eigenvalue weighted by molar-refractivity contribution is 5.75. The topological polar surface area (TPSA) is 35.6 Å². The summed E-state index contributed by atoms with van der Waals surface area (Å²) >= 11 is 0. The van der Waals surface area contributed by atoms with Crippen molar-refractivity contribution in [2.24, 2.45) is 0 Å². The molecule has 0 aromatic rings. The van der Waals surface area contributed by atoms with Crippen LogP contribution in [0.4, 0.5) is 0 Å². The Balaban J connectivity index is 1.97. The second-order valence-electron chi connectivity index (χ2n) is 4.17. The van der Waals surface area contributed by atoms with Crippen LogP contribution in [0.5, 0.6) is 0 Å². The van der Waals surface area contributed by atoms with Crippen LogP contribution < -0.4 is 5.32 Å². The molecule has 0 bridgehead atoms. The van der Waals surface area contributed by atoms with Gasteiger partial charge in [-0.15, -0.1) is 0 Å². The van der Waals surface area contributed by atoms with E-state index >= 15 is 0 Å². The summed E-state index contributed by atoms with van der Waals surface area (Å²) in [5.74, 6) is 0.273. The second-order valence-corrected chi connectivity index (χ2v) is 4.17. The van der Waals surface area contributed by atoms with Gasteiger partial charge in [-0.25, -0.2) is 5.01 Å². The fourth-order valence-corrected chi connectivity index (χ4v) is 2.38. The lowest BCUT2D eigenvalue weighted by atomic mass is 10.0. The number of nitrogens with zero attached hydrogens (tertiary/aromatic N) is 2. The fraction of sp³-hybridized carbons (Fsp3) is 0.900. The average Bonchev–Trinajstić information content (AvgIpc) is 2.23. The molecule has 0 aromatic heterocycles. The van der Waals surface area contributed by atoms with Crippen molar-refractivity contribution in [3.63, 3.8) is 0 Å². The van der Waals surface area contributed by atoms with Gasteiger partial charge in [0.1, 0.15) is 0 Å². The van der Waals surface area contributed by atoms with E-state index in [-0.39, 0.29) is 5.91 Å². The van der Waals surface area contributed by atoms with Gasteiger partial charge in [0, 0.05) is 26.1 Å². The summed E-state index contributed by atoms with van der Waals surface area (Å²) in [7, 11) is 1.91. The van der Waals surface area contributed by atoms with Gasteiger partial charge in [0.15, 0.2) is 0 Å². The summed E-state index contributed by atoms with van der Waals surface area (Å²) < 4.78 is 0. The Morgan fingerprint density at radius 1 is 1.36 bits per heavy atom. The third kappa shape index (κ3) is 1.91. The third-order valence-corrected chi connectivity index (χ3v) is 3.25. The molecule has 2 saturated heterocycles. The molecular formula is C10H19N3O. The fourth-order valence-electron chi connectivity index (χ4n) is 2.38. The maximum Gasteiger partial charge on any atom is 0.236 e. The highest BCUT2D eigenvalue weighted by Gasteiger charge is 2.29. The zero-order chi connectivity index (χ0) is 9.97. The van der Waals surface area contributed by atoms with Crippen LogP contribution in [0.25, 0.3) is 0 Å². The molecule has 0 aromatic carbocycles. The van der Waals surface area contributed by atoms with E-state index in [0.717, 1.165) is 45.3 Å². The van der Waals surface area contributed by atoms with Crippen molar-refractivity contribution in [2.45, 2.75) is 31.7 Å². The predicted molar refractivity (Wildman–Crippen MR) is 54.6 cm³/mol. The van der Waals surface area contributed by atoms with E-state index in [0.29, 0.717) is 6.04 Å². The van der Waals surface area contributed by atoms with Crippen LogP contribution in [-0.4, -0.2) is 48.6 Å².